The van der Waals surface area contributed by atoms with Crippen LogP contribution >= 0.6 is 0 Å². The second kappa shape index (κ2) is 5.94. The molecule has 0 saturated heterocycles. The molecule has 0 N–H and O–H groups in total. The van der Waals surface area contributed by atoms with Crippen molar-refractivity contribution < 1.29 is 0 Å². The molecule has 0 fully saturated rings. The maximum absolute atomic E-state index is 2.46. The third-order valence-electron chi connectivity index (χ3n) is 5.09. The fraction of sp³-hybridized carbons (Fsp3) is 0.250. The third kappa shape index (κ3) is 2.57. The van der Waals surface area contributed by atoms with Crippen LogP contribution in [0.1, 0.15) is 37.0 Å². The van der Waals surface area contributed by atoms with Crippen molar-refractivity contribution in [3.63, 3.8) is 0 Å². The first-order chi connectivity index (χ1) is 11.6. The van der Waals surface area contributed by atoms with Gasteiger partial charge in [0.15, 0.2) is 0 Å². The van der Waals surface area contributed by atoms with Gasteiger partial charge in [-0.1, -0.05) is 80.1 Å². The lowest BCUT2D eigenvalue weighted by Gasteiger charge is -2.13. The Labute approximate surface area is 144 Å². The number of benzene rings is 3. The van der Waals surface area contributed by atoms with Crippen molar-refractivity contribution in [3.05, 3.63) is 76.9 Å². The highest BCUT2D eigenvalue weighted by atomic mass is 14.2. The molecule has 3 aromatic carbocycles. The molecule has 0 aromatic heterocycles. The highest BCUT2D eigenvalue weighted by Gasteiger charge is 2.20. The van der Waals surface area contributed by atoms with E-state index in [4.69, 9.17) is 0 Å². The van der Waals surface area contributed by atoms with Crippen LogP contribution in [0.15, 0.2) is 60.2 Å². The molecule has 1 aliphatic carbocycles. The minimum absolute atomic E-state index is 0.715. The van der Waals surface area contributed by atoms with E-state index in [0.29, 0.717) is 5.92 Å². The summed E-state index contributed by atoms with van der Waals surface area (Å²) in [5.41, 5.74) is 8.70. The smallest absolute Gasteiger partial charge is 0.00549 e. The molecule has 0 radical (unpaired) electrons. The number of allylic oxidation sites excluding steroid dienone is 1. The summed E-state index contributed by atoms with van der Waals surface area (Å²) in [6, 6.07) is 19.9. The van der Waals surface area contributed by atoms with E-state index in [-0.39, 0.29) is 0 Å². The maximum atomic E-state index is 2.46. The molecule has 0 heterocycles. The van der Waals surface area contributed by atoms with Crippen molar-refractivity contribution in [2.24, 2.45) is 5.92 Å². The molecular formula is C24H24. The zero-order chi connectivity index (χ0) is 16.7. The topological polar surface area (TPSA) is 0 Å². The number of hydrogen-bond donors (Lipinski definition) is 0. The van der Waals surface area contributed by atoms with E-state index in [9.17, 15) is 0 Å². The normalized spacial score (nSPS) is 13.4. The molecule has 120 valence electrons. The number of hydrogen-bond acceptors (Lipinski definition) is 0. The molecular weight excluding hydrogens is 288 g/mol. The molecule has 3 aromatic rings. The lowest BCUT2D eigenvalue weighted by molar-refractivity contribution is 0.638. The van der Waals surface area contributed by atoms with Crippen molar-refractivity contribution >= 4 is 16.8 Å². The lowest BCUT2D eigenvalue weighted by Crippen LogP contribution is -1.94. The van der Waals surface area contributed by atoms with Gasteiger partial charge in [-0.2, -0.15) is 0 Å². The first-order valence-corrected chi connectivity index (χ1v) is 8.93. The number of aryl methyl sites for hydroxylation is 1. The van der Waals surface area contributed by atoms with E-state index in [2.05, 4.69) is 81.4 Å². The summed E-state index contributed by atoms with van der Waals surface area (Å²) in [6.45, 7) is 6.86. The SMILES string of the molecule is Cc1ccc(-c2cccc3ccccc23)c2c1CC(CC(C)C)=C2. The molecule has 0 aliphatic heterocycles. The Hall–Kier alpha value is -2.34. The van der Waals surface area contributed by atoms with E-state index in [0.717, 1.165) is 6.42 Å². The van der Waals surface area contributed by atoms with Crippen LogP contribution in [0.2, 0.25) is 0 Å². The van der Waals surface area contributed by atoms with Gasteiger partial charge < -0.3 is 0 Å². The molecule has 0 atom stereocenters. The van der Waals surface area contributed by atoms with Gasteiger partial charge in [-0.05, 0) is 64.3 Å². The van der Waals surface area contributed by atoms with Gasteiger partial charge in [0.1, 0.15) is 0 Å². The number of rotatable bonds is 3. The molecule has 0 spiro atoms. The molecule has 0 saturated carbocycles. The zero-order valence-corrected chi connectivity index (χ0v) is 14.8. The molecule has 24 heavy (non-hydrogen) atoms. The molecule has 1 aliphatic rings. The molecule has 0 nitrogen and oxygen atoms in total. The van der Waals surface area contributed by atoms with Crippen molar-refractivity contribution in [1.29, 1.82) is 0 Å². The second-order valence-electron chi connectivity index (χ2n) is 7.43. The Bertz CT molecular complexity index is 936. The summed E-state index contributed by atoms with van der Waals surface area (Å²) >= 11 is 0. The van der Waals surface area contributed by atoms with Crippen LogP contribution in [0.25, 0.3) is 28.0 Å². The lowest BCUT2D eigenvalue weighted by atomic mass is 9.91. The van der Waals surface area contributed by atoms with E-state index >= 15 is 0 Å². The van der Waals surface area contributed by atoms with Gasteiger partial charge >= 0.3 is 0 Å². The highest BCUT2D eigenvalue weighted by molar-refractivity contribution is 5.99. The zero-order valence-electron chi connectivity index (χ0n) is 14.8. The maximum Gasteiger partial charge on any atom is -0.00549 e. The van der Waals surface area contributed by atoms with Crippen molar-refractivity contribution in [1.82, 2.24) is 0 Å². The van der Waals surface area contributed by atoms with Crippen LogP contribution < -0.4 is 0 Å². The fourth-order valence-electron chi connectivity index (χ4n) is 4.01. The van der Waals surface area contributed by atoms with E-state index in [1.165, 1.54) is 45.0 Å². The first-order valence-electron chi connectivity index (χ1n) is 8.93. The van der Waals surface area contributed by atoms with Gasteiger partial charge in [0.25, 0.3) is 0 Å². The monoisotopic (exact) mass is 312 g/mol. The average molecular weight is 312 g/mol. The summed E-state index contributed by atoms with van der Waals surface area (Å²) in [4.78, 5) is 0. The molecule has 0 bridgehead atoms. The van der Waals surface area contributed by atoms with Crippen LogP contribution in [0.5, 0.6) is 0 Å². The summed E-state index contributed by atoms with van der Waals surface area (Å²) in [6.07, 6.45) is 4.78. The second-order valence-corrected chi connectivity index (χ2v) is 7.43. The van der Waals surface area contributed by atoms with E-state index in [1.54, 1.807) is 5.57 Å². The molecule has 0 unspecified atom stereocenters. The van der Waals surface area contributed by atoms with Crippen LogP contribution in [0, 0.1) is 12.8 Å². The number of fused-ring (bicyclic) bond motifs is 2. The molecule has 4 rings (SSSR count). The van der Waals surface area contributed by atoms with Crippen LogP contribution in [0.3, 0.4) is 0 Å². The van der Waals surface area contributed by atoms with E-state index in [1.807, 2.05) is 0 Å². The summed E-state index contributed by atoms with van der Waals surface area (Å²) in [7, 11) is 0. The van der Waals surface area contributed by atoms with Gasteiger partial charge in [-0.15, -0.1) is 0 Å². The fourth-order valence-corrected chi connectivity index (χ4v) is 4.01. The first kappa shape index (κ1) is 15.2. The van der Waals surface area contributed by atoms with Gasteiger partial charge in [0, 0.05) is 0 Å². The van der Waals surface area contributed by atoms with E-state index < -0.39 is 0 Å². The van der Waals surface area contributed by atoms with Gasteiger partial charge in [-0.25, -0.2) is 0 Å². The van der Waals surface area contributed by atoms with Gasteiger partial charge in [0.2, 0.25) is 0 Å². The standard InChI is InChI=1S/C24H24/c1-16(2)13-18-14-23-17(3)11-12-22(24(23)15-18)21-10-6-8-19-7-4-5-9-20(19)21/h4-12,15-16H,13-14H2,1-3H3. The summed E-state index contributed by atoms with van der Waals surface area (Å²) < 4.78 is 0. The molecule has 0 heteroatoms. The van der Waals surface area contributed by atoms with Crippen molar-refractivity contribution in [3.8, 4) is 11.1 Å². The summed E-state index contributed by atoms with van der Waals surface area (Å²) in [5, 5.41) is 2.66. The Kier molecular flexibility index (Phi) is 3.76. The Balaban J connectivity index is 1.92. The third-order valence-corrected chi connectivity index (χ3v) is 5.09. The minimum atomic E-state index is 0.715. The van der Waals surface area contributed by atoms with Crippen molar-refractivity contribution in [2.45, 2.75) is 33.6 Å². The largest absolute Gasteiger partial charge is 0.0649 e. The van der Waals surface area contributed by atoms with Crippen LogP contribution in [-0.4, -0.2) is 0 Å². The Morgan fingerprint density at radius 1 is 0.875 bits per heavy atom. The van der Waals surface area contributed by atoms with Gasteiger partial charge in [0.05, 0.1) is 0 Å². The predicted molar refractivity (Wildman–Crippen MR) is 105 cm³/mol. The minimum Gasteiger partial charge on any atom is -0.0649 e. The Morgan fingerprint density at radius 3 is 2.50 bits per heavy atom. The summed E-state index contributed by atoms with van der Waals surface area (Å²) in [5.74, 6) is 0.715. The van der Waals surface area contributed by atoms with Gasteiger partial charge in [-0.3, -0.25) is 0 Å². The van der Waals surface area contributed by atoms with Crippen molar-refractivity contribution in [2.75, 3.05) is 0 Å². The quantitative estimate of drug-likeness (QED) is 0.499. The predicted octanol–water partition coefficient (Wildman–Crippen LogP) is 6.80. The average Bonchev–Trinajstić information content (AvgIpc) is 2.98. The highest BCUT2D eigenvalue weighted by Crippen LogP contribution is 2.39. The Morgan fingerprint density at radius 2 is 1.67 bits per heavy atom. The molecule has 0 amide bonds. The van der Waals surface area contributed by atoms with Crippen LogP contribution in [-0.2, 0) is 6.42 Å². The van der Waals surface area contributed by atoms with Crippen LogP contribution in [0.4, 0.5) is 0 Å².